The number of halogens is 1. The van der Waals surface area contributed by atoms with Gasteiger partial charge in [-0.25, -0.2) is 13.8 Å². The van der Waals surface area contributed by atoms with Gasteiger partial charge < -0.3 is 9.32 Å². The van der Waals surface area contributed by atoms with Gasteiger partial charge in [0.1, 0.15) is 11.5 Å². The van der Waals surface area contributed by atoms with Crippen molar-refractivity contribution in [2.75, 3.05) is 11.4 Å². The van der Waals surface area contributed by atoms with Crippen LogP contribution >= 0.6 is 11.3 Å². The topological polar surface area (TPSA) is 50.8 Å². The summed E-state index contributed by atoms with van der Waals surface area (Å²) in [5.41, 5.74) is 2.17. The minimum Gasteiger partial charge on any atom is -0.463 e. The van der Waals surface area contributed by atoms with Crippen molar-refractivity contribution in [2.45, 2.75) is 20.4 Å². The zero-order valence-corrected chi connectivity index (χ0v) is 15.8. The van der Waals surface area contributed by atoms with Crippen LogP contribution in [0.3, 0.4) is 0 Å². The van der Waals surface area contributed by atoms with Gasteiger partial charge in [0.05, 0.1) is 18.5 Å². The molecule has 0 unspecified atom stereocenters. The molecule has 4 rings (SSSR count). The Hall–Kier alpha value is -2.93. The lowest BCUT2D eigenvalue weighted by Gasteiger charge is -2.22. The molecule has 0 radical (unpaired) electrons. The third-order valence-electron chi connectivity index (χ3n) is 4.42. The second kappa shape index (κ2) is 7.00. The number of furan rings is 1. The van der Waals surface area contributed by atoms with E-state index in [2.05, 4.69) is 4.98 Å². The molecule has 0 fully saturated rings. The molecule has 3 heterocycles. The maximum Gasteiger partial charge on any atom is 0.259 e. The zero-order valence-electron chi connectivity index (χ0n) is 15.0. The predicted molar refractivity (Wildman–Crippen MR) is 105 cm³/mol. The average molecular weight is 383 g/mol. The van der Waals surface area contributed by atoms with Crippen molar-refractivity contribution in [3.8, 4) is 11.5 Å². The Morgan fingerprint density at radius 3 is 2.70 bits per heavy atom. The van der Waals surface area contributed by atoms with Gasteiger partial charge in [0.15, 0.2) is 10.7 Å². The Bertz CT molecular complexity index is 1130. The Kier molecular flexibility index (Phi) is 4.53. The molecular weight excluding hydrogens is 365 g/mol. The Balaban J connectivity index is 1.73. The number of nitrogens with zero attached hydrogens (tertiary/aromatic N) is 3. The molecule has 4 aromatic rings. The summed E-state index contributed by atoms with van der Waals surface area (Å²) in [4.78, 5) is 21.1. The van der Waals surface area contributed by atoms with E-state index in [1.807, 2.05) is 24.8 Å². The first kappa shape index (κ1) is 17.5. The van der Waals surface area contributed by atoms with Crippen LogP contribution in [0.4, 0.5) is 10.1 Å². The SMILES string of the molecule is CCN(Cc1cc(=O)n2c(-c3ccco3)c(C)sc2n1)c1ccc(F)cc1. The molecule has 0 amide bonds. The third kappa shape index (κ3) is 3.26. The number of rotatable bonds is 5. The van der Waals surface area contributed by atoms with Crippen LogP contribution in [0.5, 0.6) is 0 Å². The lowest BCUT2D eigenvalue weighted by Crippen LogP contribution is -2.24. The van der Waals surface area contributed by atoms with E-state index < -0.39 is 0 Å². The van der Waals surface area contributed by atoms with Crippen LogP contribution < -0.4 is 10.5 Å². The normalized spacial score (nSPS) is 11.2. The van der Waals surface area contributed by atoms with E-state index in [9.17, 15) is 9.18 Å². The van der Waals surface area contributed by atoms with E-state index in [-0.39, 0.29) is 11.4 Å². The molecule has 5 nitrogen and oxygen atoms in total. The van der Waals surface area contributed by atoms with Crippen LogP contribution in [0.15, 0.2) is 57.9 Å². The molecule has 0 aliphatic rings. The van der Waals surface area contributed by atoms with E-state index in [0.29, 0.717) is 29.5 Å². The number of hydrogen-bond donors (Lipinski definition) is 0. The van der Waals surface area contributed by atoms with Gasteiger partial charge in [0.2, 0.25) is 0 Å². The van der Waals surface area contributed by atoms with Crippen molar-refractivity contribution < 1.29 is 8.81 Å². The van der Waals surface area contributed by atoms with Gasteiger partial charge in [0.25, 0.3) is 5.56 Å². The molecular formula is C20H18FN3O2S. The monoisotopic (exact) mass is 383 g/mol. The van der Waals surface area contributed by atoms with Gasteiger partial charge in [-0.05, 0) is 50.2 Å². The maximum absolute atomic E-state index is 13.2. The molecule has 1 aromatic carbocycles. The Morgan fingerprint density at radius 2 is 2.04 bits per heavy atom. The molecule has 0 aliphatic heterocycles. The standard InChI is InChI=1S/C20H18FN3O2S/c1-3-23(16-8-6-14(21)7-9-16)12-15-11-18(25)24-19(17-5-4-10-26-17)13(2)27-20(24)22-15/h4-11H,3,12H2,1-2H3. The fraction of sp³-hybridized carbons (Fsp3) is 0.200. The molecule has 0 bridgehead atoms. The van der Waals surface area contributed by atoms with Crippen molar-refractivity contribution in [3.05, 3.63) is 75.5 Å². The fourth-order valence-electron chi connectivity index (χ4n) is 3.13. The summed E-state index contributed by atoms with van der Waals surface area (Å²) in [6.45, 7) is 5.15. The van der Waals surface area contributed by atoms with Gasteiger partial charge in [-0.2, -0.15) is 0 Å². The predicted octanol–water partition coefficient (Wildman–Crippen LogP) is 4.49. The van der Waals surface area contributed by atoms with Crippen molar-refractivity contribution in [1.82, 2.24) is 9.38 Å². The minimum absolute atomic E-state index is 0.138. The summed E-state index contributed by atoms with van der Waals surface area (Å²) in [6.07, 6.45) is 1.59. The summed E-state index contributed by atoms with van der Waals surface area (Å²) in [7, 11) is 0. The third-order valence-corrected chi connectivity index (χ3v) is 5.38. The van der Waals surface area contributed by atoms with Crippen LogP contribution in [0.1, 0.15) is 17.5 Å². The molecule has 0 N–H and O–H groups in total. The first-order valence-electron chi connectivity index (χ1n) is 8.63. The lowest BCUT2D eigenvalue weighted by atomic mass is 10.2. The average Bonchev–Trinajstić information content (AvgIpc) is 3.27. The summed E-state index contributed by atoms with van der Waals surface area (Å²) in [5.74, 6) is 0.379. The Labute approximate surface area is 159 Å². The highest BCUT2D eigenvalue weighted by molar-refractivity contribution is 7.17. The minimum atomic E-state index is -0.271. The summed E-state index contributed by atoms with van der Waals surface area (Å²) in [6, 6.07) is 11.5. The highest BCUT2D eigenvalue weighted by atomic mass is 32.1. The molecule has 0 atom stereocenters. The van der Waals surface area contributed by atoms with Crippen LogP contribution in [-0.4, -0.2) is 15.9 Å². The van der Waals surface area contributed by atoms with Gasteiger partial charge in [-0.1, -0.05) is 0 Å². The van der Waals surface area contributed by atoms with Crippen LogP contribution in [0.25, 0.3) is 16.4 Å². The first-order valence-corrected chi connectivity index (χ1v) is 9.45. The maximum atomic E-state index is 13.2. The summed E-state index contributed by atoms with van der Waals surface area (Å²) < 4.78 is 20.3. The number of aryl methyl sites for hydroxylation is 1. The largest absolute Gasteiger partial charge is 0.463 e. The molecule has 0 aliphatic carbocycles. The smallest absolute Gasteiger partial charge is 0.259 e. The van der Waals surface area contributed by atoms with E-state index in [1.54, 1.807) is 34.9 Å². The van der Waals surface area contributed by atoms with Gasteiger partial charge in [-0.3, -0.25) is 4.79 Å². The molecule has 138 valence electrons. The number of hydrogen-bond acceptors (Lipinski definition) is 5. The van der Waals surface area contributed by atoms with Gasteiger partial charge >= 0.3 is 0 Å². The molecule has 7 heteroatoms. The number of fused-ring (bicyclic) bond motifs is 1. The van der Waals surface area contributed by atoms with Crippen LogP contribution in [-0.2, 0) is 6.54 Å². The van der Waals surface area contributed by atoms with Crippen molar-refractivity contribution >= 4 is 22.0 Å². The highest BCUT2D eigenvalue weighted by Crippen LogP contribution is 2.29. The second-order valence-corrected chi connectivity index (χ2v) is 7.36. The summed E-state index contributed by atoms with van der Waals surface area (Å²) in [5, 5.41) is 0. The first-order chi connectivity index (χ1) is 13.1. The van der Waals surface area contributed by atoms with Crippen molar-refractivity contribution in [1.29, 1.82) is 0 Å². The van der Waals surface area contributed by atoms with Crippen molar-refractivity contribution in [3.63, 3.8) is 0 Å². The lowest BCUT2D eigenvalue weighted by molar-refractivity contribution is 0.578. The number of aromatic nitrogens is 2. The quantitative estimate of drug-likeness (QED) is 0.510. The summed E-state index contributed by atoms with van der Waals surface area (Å²) >= 11 is 1.46. The Morgan fingerprint density at radius 1 is 1.26 bits per heavy atom. The zero-order chi connectivity index (χ0) is 19.0. The van der Waals surface area contributed by atoms with Crippen LogP contribution in [0, 0.1) is 12.7 Å². The number of anilines is 1. The van der Waals surface area contributed by atoms with E-state index >= 15 is 0 Å². The van der Waals surface area contributed by atoms with Crippen LogP contribution in [0.2, 0.25) is 0 Å². The second-order valence-electron chi connectivity index (χ2n) is 6.18. The molecule has 0 saturated heterocycles. The van der Waals surface area contributed by atoms with Gasteiger partial charge in [0, 0.05) is 23.2 Å². The molecule has 27 heavy (non-hydrogen) atoms. The number of benzene rings is 1. The number of thiazole rings is 1. The fourth-order valence-corrected chi connectivity index (χ4v) is 4.13. The highest BCUT2D eigenvalue weighted by Gasteiger charge is 2.17. The molecule has 0 spiro atoms. The molecule has 3 aromatic heterocycles. The van der Waals surface area contributed by atoms with Gasteiger partial charge in [-0.15, -0.1) is 11.3 Å². The van der Waals surface area contributed by atoms with E-state index in [1.165, 1.54) is 23.5 Å². The molecule has 0 saturated carbocycles. The van der Waals surface area contributed by atoms with Crippen molar-refractivity contribution in [2.24, 2.45) is 0 Å². The van der Waals surface area contributed by atoms with E-state index in [4.69, 9.17) is 4.42 Å². The van der Waals surface area contributed by atoms with E-state index in [0.717, 1.165) is 16.3 Å².